The van der Waals surface area contributed by atoms with E-state index in [1.165, 1.54) is 0 Å². The van der Waals surface area contributed by atoms with Crippen LogP contribution in [0.15, 0.2) is 18.3 Å². The van der Waals surface area contributed by atoms with Gasteiger partial charge in [-0.1, -0.05) is 0 Å². The summed E-state index contributed by atoms with van der Waals surface area (Å²) in [7, 11) is 3.72. The molecule has 1 aliphatic carbocycles. The first-order valence-electron chi connectivity index (χ1n) is 11.1. The number of amides is 1. The summed E-state index contributed by atoms with van der Waals surface area (Å²) >= 11 is 0. The molecular weight excluding hydrogens is 476 g/mol. The van der Waals surface area contributed by atoms with Crippen molar-refractivity contribution in [1.82, 2.24) is 9.97 Å². The summed E-state index contributed by atoms with van der Waals surface area (Å²) in [4.78, 5) is 22.5. The number of aryl methyl sites for hydroxylation is 1. The van der Waals surface area contributed by atoms with Crippen molar-refractivity contribution in [2.45, 2.75) is 57.4 Å². The summed E-state index contributed by atoms with van der Waals surface area (Å²) in [5.74, 6) is -0.363. The molecule has 1 fully saturated rings. The van der Waals surface area contributed by atoms with Gasteiger partial charge in [-0.05, 0) is 62.6 Å². The summed E-state index contributed by atoms with van der Waals surface area (Å²) < 4.78 is 80.6. The first-order valence-corrected chi connectivity index (χ1v) is 11.1. The first kappa shape index (κ1) is 26.6. The Hall–Kier alpha value is -3.05. The molecule has 3 rings (SSSR count). The average molecular weight is 503 g/mol. The highest BCUT2D eigenvalue weighted by Crippen LogP contribution is 2.41. The molecule has 0 radical (unpaired) electrons. The number of alkyl halides is 6. The van der Waals surface area contributed by atoms with E-state index in [0.717, 1.165) is 11.4 Å². The second-order valence-corrected chi connectivity index (χ2v) is 9.07. The van der Waals surface area contributed by atoms with Crippen LogP contribution in [-0.4, -0.2) is 36.0 Å². The summed E-state index contributed by atoms with van der Waals surface area (Å²) in [5.41, 5.74) is 1.87. The Kier molecular flexibility index (Phi) is 7.51. The molecule has 6 nitrogen and oxygen atoms in total. The van der Waals surface area contributed by atoms with Crippen molar-refractivity contribution in [2.24, 2.45) is 11.7 Å². The zero-order valence-electron chi connectivity index (χ0n) is 19.5. The molecule has 0 atom stereocenters. The number of carbonyl (C=O) groups is 1. The number of rotatable bonds is 6. The molecule has 0 saturated heterocycles. The molecule has 0 spiro atoms. The summed E-state index contributed by atoms with van der Waals surface area (Å²) in [6, 6.07) is 0.470. The predicted octanol–water partition coefficient (Wildman–Crippen LogP) is 5.20. The summed E-state index contributed by atoms with van der Waals surface area (Å²) in [6.07, 6.45) is -6.36. The van der Waals surface area contributed by atoms with Gasteiger partial charge in [-0.25, -0.2) is 4.98 Å². The standard InChI is InChI=1S/C23H27F6N5O/c1-12-11-31-21(33-20(12)34(2)3)32-15-6-4-13(5-7-15)8-16-17(19(30)35)9-14(22(24,25)26)10-18(16)23(27,28)29/h9-11,13,15H,4-8H2,1-3H3,(H2,30,35)(H,31,32,33). The number of aromatic nitrogens is 2. The van der Waals surface area contributed by atoms with Crippen LogP contribution < -0.4 is 16.0 Å². The molecule has 1 aromatic carbocycles. The van der Waals surface area contributed by atoms with E-state index in [4.69, 9.17) is 5.73 Å². The Balaban J connectivity index is 1.77. The second-order valence-electron chi connectivity index (χ2n) is 9.07. The number of carbonyl (C=O) groups excluding carboxylic acids is 1. The van der Waals surface area contributed by atoms with Crippen molar-refractivity contribution in [3.05, 3.63) is 46.1 Å². The van der Waals surface area contributed by atoms with E-state index in [-0.39, 0.29) is 24.4 Å². The zero-order chi connectivity index (χ0) is 26.1. The van der Waals surface area contributed by atoms with Gasteiger partial charge in [0.15, 0.2) is 0 Å². The Morgan fingerprint density at radius 3 is 2.23 bits per heavy atom. The molecule has 0 unspecified atom stereocenters. The van der Waals surface area contributed by atoms with Gasteiger partial charge in [0.25, 0.3) is 0 Å². The molecule has 12 heteroatoms. The van der Waals surface area contributed by atoms with Crippen LogP contribution >= 0.6 is 0 Å². The van der Waals surface area contributed by atoms with Crippen molar-refractivity contribution >= 4 is 17.7 Å². The van der Waals surface area contributed by atoms with Gasteiger partial charge in [0.05, 0.1) is 11.1 Å². The maximum Gasteiger partial charge on any atom is 0.416 e. The van der Waals surface area contributed by atoms with Crippen molar-refractivity contribution in [2.75, 3.05) is 24.3 Å². The minimum atomic E-state index is -5.06. The van der Waals surface area contributed by atoms with Crippen molar-refractivity contribution in [3.63, 3.8) is 0 Å². The fourth-order valence-electron chi connectivity index (χ4n) is 4.47. The summed E-state index contributed by atoms with van der Waals surface area (Å²) in [5, 5.41) is 3.25. The van der Waals surface area contributed by atoms with Crippen LogP contribution in [0.1, 0.15) is 58.3 Å². The van der Waals surface area contributed by atoms with Crippen LogP contribution in [0, 0.1) is 12.8 Å². The van der Waals surface area contributed by atoms with Gasteiger partial charge < -0.3 is 16.0 Å². The van der Waals surface area contributed by atoms with Crippen LogP contribution in [0.4, 0.5) is 38.1 Å². The van der Waals surface area contributed by atoms with Crippen LogP contribution in [0.25, 0.3) is 0 Å². The molecular formula is C23H27F6N5O. The minimum absolute atomic E-state index is 0.00530. The van der Waals surface area contributed by atoms with Crippen molar-refractivity contribution in [1.29, 1.82) is 0 Å². The largest absolute Gasteiger partial charge is 0.416 e. The number of halogens is 6. The fourth-order valence-corrected chi connectivity index (χ4v) is 4.47. The molecule has 1 aromatic heterocycles. The molecule has 35 heavy (non-hydrogen) atoms. The fraction of sp³-hybridized carbons (Fsp3) is 0.522. The normalized spacial score (nSPS) is 18.9. The maximum absolute atomic E-state index is 13.7. The van der Waals surface area contributed by atoms with Gasteiger partial charge in [0.2, 0.25) is 11.9 Å². The number of anilines is 2. The zero-order valence-corrected chi connectivity index (χ0v) is 19.5. The van der Waals surface area contributed by atoms with Crippen LogP contribution in [0.2, 0.25) is 0 Å². The molecule has 1 heterocycles. The Morgan fingerprint density at radius 1 is 1.09 bits per heavy atom. The monoisotopic (exact) mass is 503 g/mol. The van der Waals surface area contributed by atoms with Gasteiger partial charge in [-0.3, -0.25) is 4.79 Å². The second kappa shape index (κ2) is 9.90. The molecule has 2 aromatic rings. The van der Waals surface area contributed by atoms with E-state index < -0.39 is 40.5 Å². The van der Waals surface area contributed by atoms with Crippen LogP contribution in [-0.2, 0) is 18.8 Å². The number of primary amides is 1. The van der Waals surface area contributed by atoms with Gasteiger partial charge in [0, 0.05) is 37.5 Å². The van der Waals surface area contributed by atoms with E-state index in [9.17, 15) is 31.1 Å². The van der Waals surface area contributed by atoms with E-state index in [1.54, 1.807) is 6.20 Å². The first-order chi connectivity index (χ1) is 16.2. The maximum atomic E-state index is 13.7. The quantitative estimate of drug-likeness (QED) is 0.530. The number of nitrogens with two attached hydrogens (primary N) is 1. The Labute approximate surface area is 198 Å². The van der Waals surface area contributed by atoms with E-state index in [1.807, 2.05) is 25.9 Å². The van der Waals surface area contributed by atoms with E-state index in [0.29, 0.717) is 37.7 Å². The average Bonchev–Trinajstić information content (AvgIpc) is 2.74. The molecule has 192 valence electrons. The molecule has 1 amide bonds. The highest BCUT2D eigenvalue weighted by Gasteiger charge is 2.40. The van der Waals surface area contributed by atoms with Gasteiger partial charge in [0.1, 0.15) is 5.82 Å². The lowest BCUT2D eigenvalue weighted by Crippen LogP contribution is -2.29. The number of benzene rings is 1. The number of nitrogens with zero attached hydrogens (tertiary/aromatic N) is 3. The summed E-state index contributed by atoms with van der Waals surface area (Å²) in [6.45, 7) is 1.89. The third-order valence-corrected chi connectivity index (χ3v) is 6.19. The van der Waals surface area contributed by atoms with E-state index >= 15 is 0 Å². The Morgan fingerprint density at radius 2 is 1.71 bits per heavy atom. The Bertz CT molecular complexity index is 1080. The van der Waals surface area contributed by atoms with Gasteiger partial charge in [-0.2, -0.15) is 31.3 Å². The lowest BCUT2D eigenvalue weighted by atomic mass is 9.80. The number of hydrogen-bond donors (Lipinski definition) is 2. The van der Waals surface area contributed by atoms with Crippen molar-refractivity contribution in [3.8, 4) is 0 Å². The van der Waals surface area contributed by atoms with E-state index in [2.05, 4.69) is 15.3 Å². The molecule has 3 N–H and O–H groups in total. The van der Waals surface area contributed by atoms with Crippen LogP contribution in [0.5, 0.6) is 0 Å². The lowest BCUT2D eigenvalue weighted by Gasteiger charge is -2.30. The third kappa shape index (κ3) is 6.34. The number of nitrogens with one attached hydrogen (secondary N) is 1. The third-order valence-electron chi connectivity index (χ3n) is 6.19. The van der Waals surface area contributed by atoms with Gasteiger partial charge >= 0.3 is 12.4 Å². The molecule has 0 bridgehead atoms. The smallest absolute Gasteiger partial charge is 0.366 e. The molecule has 1 aliphatic rings. The number of hydrogen-bond acceptors (Lipinski definition) is 5. The minimum Gasteiger partial charge on any atom is -0.366 e. The highest BCUT2D eigenvalue weighted by molar-refractivity contribution is 5.95. The van der Waals surface area contributed by atoms with Crippen LogP contribution in [0.3, 0.4) is 0 Å². The molecule has 0 aliphatic heterocycles. The topological polar surface area (TPSA) is 84.1 Å². The highest BCUT2D eigenvalue weighted by atomic mass is 19.4. The van der Waals surface area contributed by atoms with Gasteiger partial charge in [-0.15, -0.1) is 0 Å². The molecule has 1 saturated carbocycles. The predicted molar refractivity (Wildman–Crippen MR) is 119 cm³/mol. The lowest BCUT2D eigenvalue weighted by molar-refractivity contribution is -0.143. The SMILES string of the molecule is Cc1cnc(NC2CCC(Cc3c(C(N)=O)cc(C(F)(F)F)cc3C(F)(F)F)CC2)nc1N(C)C. The van der Waals surface area contributed by atoms with Crippen molar-refractivity contribution < 1.29 is 31.1 Å².